The molecular formula is C52H66N8O10. The minimum atomic E-state index is -0.785. The van der Waals surface area contributed by atoms with Crippen molar-refractivity contribution in [1.82, 2.24) is 25.1 Å². The Balaban J connectivity index is 0.899. The summed E-state index contributed by atoms with van der Waals surface area (Å²) in [6, 6.07) is 17.8. The lowest BCUT2D eigenvalue weighted by molar-refractivity contribution is -0.131. The lowest BCUT2D eigenvalue weighted by Crippen LogP contribution is -2.47. The summed E-state index contributed by atoms with van der Waals surface area (Å²) in [6.45, 7) is 5.78. The molecule has 0 unspecified atom stereocenters. The Kier molecular flexibility index (Phi) is 18.7. The first-order valence-corrected chi connectivity index (χ1v) is 23.9. The van der Waals surface area contributed by atoms with Gasteiger partial charge in [0.25, 0.3) is 11.8 Å². The molecule has 0 aliphatic carbocycles. The maximum atomic E-state index is 13.9. The van der Waals surface area contributed by atoms with Gasteiger partial charge in [0.15, 0.2) is 23.1 Å². The first-order valence-electron chi connectivity index (χ1n) is 23.9. The van der Waals surface area contributed by atoms with Gasteiger partial charge in [0.1, 0.15) is 5.78 Å². The Labute approximate surface area is 409 Å². The summed E-state index contributed by atoms with van der Waals surface area (Å²) in [4.78, 5) is 98.6. The number of hydrogen-bond acceptors (Lipinski definition) is 12. The first kappa shape index (κ1) is 52.3. The quantitative estimate of drug-likeness (QED) is 0.0613. The fourth-order valence-corrected chi connectivity index (χ4v) is 8.58. The largest absolute Gasteiger partial charge is 0.493 e. The highest BCUT2D eigenvalue weighted by Crippen LogP contribution is 2.39. The monoisotopic (exact) mass is 962 g/mol. The van der Waals surface area contributed by atoms with Crippen LogP contribution in [-0.4, -0.2) is 115 Å². The van der Waals surface area contributed by atoms with Gasteiger partial charge in [-0.2, -0.15) is 0 Å². The van der Waals surface area contributed by atoms with Crippen molar-refractivity contribution in [2.45, 2.75) is 96.7 Å². The third-order valence-corrected chi connectivity index (χ3v) is 12.5. The van der Waals surface area contributed by atoms with Crippen LogP contribution in [0.1, 0.15) is 103 Å². The molecule has 0 saturated carbocycles. The van der Waals surface area contributed by atoms with E-state index in [0.717, 1.165) is 24.1 Å². The predicted molar refractivity (Wildman–Crippen MR) is 264 cm³/mol. The smallest absolute Gasteiger partial charge is 0.291 e. The molecule has 1 aromatic heterocycles. The highest BCUT2D eigenvalue weighted by molar-refractivity contribution is 6.03. The van der Waals surface area contributed by atoms with Gasteiger partial charge in [0.2, 0.25) is 23.5 Å². The third kappa shape index (κ3) is 14.2. The molecule has 5 amide bonds. The Bertz CT molecular complexity index is 2520. The van der Waals surface area contributed by atoms with Gasteiger partial charge < -0.3 is 49.8 Å². The zero-order chi connectivity index (χ0) is 50.3. The number of amides is 5. The molecule has 6 rings (SSSR count). The van der Waals surface area contributed by atoms with Crippen LogP contribution in [0, 0.1) is 5.92 Å². The summed E-state index contributed by atoms with van der Waals surface area (Å²) in [6.07, 6.45) is 5.35. The number of carbonyl (C=O) groups is 7. The van der Waals surface area contributed by atoms with Crippen LogP contribution in [-0.2, 0) is 55.1 Å². The Morgan fingerprint density at radius 1 is 0.829 bits per heavy atom. The van der Waals surface area contributed by atoms with E-state index in [4.69, 9.17) is 14.2 Å². The van der Waals surface area contributed by atoms with Gasteiger partial charge in [-0.1, -0.05) is 43.3 Å². The van der Waals surface area contributed by atoms with Gasteiger partial charge in [0, 0.05) is 103 Å². The average Bonchev–Trinajstić information content (AvgIpc) is 3.67. The standard InChI is InChI=1S/C52H66N8O10/c1-33(25-40(61)15-9-10-16-47(63)53-22-12-23-68-5)50(65)54-34(2)43(62)26-35-18-20-38(21-19-35)55-51(66)49-57-46(32-59(49)4)56-48(64)17-11-24-70-45-29-42-41(28-44(45)69-6)52(67)60-30-37-14-8-7-13-36(37)27-39(60)31-58(42)3/h7-8,13-14,18-21,28-29,32-34,39H,9-12,15-17,22-27,30-31H2,1-6H3,(H,53,63)(H,54,65)(H,55,66)(H,56,64)/t33-,34+,39+/m1/s1. The number of aryl methyl sites for hydroxylation is 1. The molecule has 0 radical (unpaired) electrons. The van der Waals surface area contributed by atoms with Gasteiger partial charge in [-0.3, -0.25) is 33.6 Å². The maximum Gasteiger partial charge on any atom is 0.291 e. The highest BCUT2D eigenvalue weighted by atomic mass is 16.5. The Morgan fingerprint density at radius 3 is 2.30 bits per heavy atom. The third-order valence-electron chi connectivity index (χ3n) is 12.5. The minimum Gasteiger partial charge on any atom is -0.493 e. The van der Waals surface area contributed by atoms with Crippen molar-refractivity contribution >= 4 is 58.3 Å². The molecule has 0 saturated heterocycles. The van der Waals surface area contributed by atoms with Crippen molar-refractivity contribution in [2.24, 2.45) is 13.0 Å². The Hall–Kier alpha value is -7.08. The van der Waals surface area contributed by atoms with Crippen LogP contribution in [0.5, 0.6) is 11.5 Å². The van der Waals surface area contributed by atoms with E-state index in [1.807, 2.05) is 30.1 Å². The topological polar surface area (TPSA) is 220 Å². The number of Topliss-reactive ketones (excluding diaryl/α,β-unsaturated/α-hetero) is 2. The van der Waals surface area contributed by atoms with Crippen LogP contribution in [0.3, 0.4) is 0 Å². The van der Waals surface area contributed by atoms with Gasteiger partial charge in [-0.25, -0.2) is 4.98 Å². The second-order valence-corrected chi connectivity index (χ2v) is 18.1. The van der Waals surface area contributed by atoms with Gasteiger partial charge in [0.05, 0.1) is 37.1 Å². The van der Waals surface area contributed by atoms with E-state index in [2.05, 4.69) is 43.3 Å². The fourth-order valence-electron chi connectivity index (χ4n) is 8.58. The molecule has 2 aliphatic heterocycles. The molecule has 2 aliphatic rings. The number of nitrogens with one attached hydrogen (secondary N) is 4. The summed E-state index contributed by atoms with van der Waals surface area (Å²) in [7, 11) is 6.75. The number of fused-ring (bicyclic) bond motifs is 3. The highest BCUT2D eigenvalue weighted by Gasteiger charge is 2.36. The number of aromatic nitrogens is 2. The number of ether oxygens (including phenoxy) is 3. The van der Waals surface area contributed by atoms with Crippen LogP contribution in [0.25, 0.3) is 0 Å². The number of likely N-dealkylation sites (N-methyl/N-ethyl adjacent to an activating group) is 1. The zero-order valence-electron chi connectivity index (χ0n) is 41.1. The van der Waals surface area contributed by atoms with Gasteiger partial charge >= 0.3 is 0 Å². The summed E-state index contributed by atoms with van der Waals surface area (Å²) < 4.78 is 18.2. The van der Waals surface area contributed by atoms with Crippen molar-refractivity contribution in [3.8, 4) is 11.5 Å². The number of benzene rings is 3. The maximum absolute atomic E-state index is 13.9. The lowest BCUT2D eigenvalue weighted by Gasteiger charge is -2.36. The van der Waals surface area contributed by atoms with Crippen molar-refractivity contribution in [1.29, 1.82) is 0 Å². The van der Waals surface area contributed by atoms with E-state index < -0.39 is 17.9 Å². The number of ketones is 2. The minimum absolute atomic E-state index is 0.0244. The lowest BCUT2D eigenvalue weighted by atomic mass is 9.93. The number of anilines is 3. The number of nitrogens with zero attached hydrogens (tertiary/aromatic N) is 4. The summed E-state index contributed by atoms with van der Waals surface area (Å²) >= 11 is 0. The number of imidazole rings is 1. The van der Waals surface area contributed by atoms with Crippen molar-refractivity contribution in [3.63, 3.8) is 0 Å². The van der Waals surface area contributed by atoms with E-state index in [9.17, 15) is 33.6 Å². The van der Waals surface area contributed by atoms with Crippen LogP contribution < -0.4 is 35.6 Å². The van der Waals surface area contributed by atoms with E-state index in [1.54, 1.807) is 64.5 Å². The van der Waals surface area contributed by atoms with E-state index >= 15 is 0 Å². The second kappa shape index (κ2) is 25.0. The molecule has 3 heterocycles. The first-order chi connectivity index (χ1) is 33.6. The van der Waals surface area contributed by atoms with Crippen LogP contribution >= 0.6 is 0 Å². The Morgan fingerprint density at radius 2 is 1.56 bits per heavy atom. The molecule has 0 fully saturated rings. The number of methoxy groups -OCH3 is 2. The molecule has 3 atom stereocenters. The van der Waals surface area contributed by atoms with E-state index in [0.29, 0.717) is 80.2 Å². The number of hydrogen-bond donors (Lipinski definition) is 4. The number of rotatable bonds is 25. The summed E-state index contributed by atoms with van der Waals surface area (Å²) in [5.74, 6) is -1.08. The fraction of sp³-hybridized carbons (Fsp3) is 0.462. The van der Waals surface area contributed by atoms with Crippen molar-refractivity contribution in [2.75, 3.05) is 63.1 Å². The van der Waals surface area contributed by atoms with E-state index in [-0.39, 0.29) is 85.2 Å². The van der Waals surface area contributed by atoms with Crippen LogP contribution in [0.4, 0.5) is 17.2 Å². The van der Waals surface area contributed by atoms with Crippen LogP contribution in [0.15, 0.2) is 66.9 Å². The van der Waals surface area contributed by atoms with Crippen LogP contribution in [0.2, 0.25) is 0 Å². The molecule has 374 valence electrons. The molecule has 3 aromatic carbocycles. The predicted octanol–water partition coefficient (Wildman–Crippen LogP) is 5.42. The molecule has 4 aromatic rings. The number of unbranched alkanes of at least 4 members (excludes halogenated alkanes) is 1. The summed E-state index contributed by atoms with van der Waals surface area (Å²) in [5.41, 5.74) is 4.85. The molecular weight excluding hydrogens is 897 g/mol. The molecule has 0 bridgehead atoms. The van der Waals surface area contributed by atoms with Gasteiger partial charge in [-0.05, 0) is 73.9 Å². The normalized spacial score (nSPS) is 14.8. The van der Waals surface area contributed by atoms with Gasteiger partial charge in [-0.15, -0.1) is 0 Å². The number of carbonyl (C=O) groups excluding carboxylic acids is 7. The van der Waals surface area contributed by atoms with Crippen molar-refractivity contribution in [3.05, 3.63) is 94.9 Å². The molecule has 4 N–H and O–H groups in total. The average molecular weight is 963 g/mol. The van der Waals surface area contributed by atoms with Crippen molar-refractivity contribution < 1.29 is 47.8 Å². The molecule has 18 heteroatoms. The van der Waals surface area contributed by atoms with E-state index in [1.165, 1.54) is 17.2 Å². The molecule has 70 heavy (non-hydrogen) atoms. The molecule has 18 nitrogen and oxygen atoms in total. The zero-order valence-corrected chi connectivity index (χ0v) is 41.1. The summed E-state index contributed by atoms with van der Waals surface area (Å²) in [5, 5.41) is 11.1. The molecule has 0 spiro atoms. The second-order valence-electron chi connectivity index (χ2n) is 18.1. The SMILES string of the molecule is COCCCNC(=O)CCCCC(=O)C[C@@H](C)C(=O)N[C@@H](C)C(=O)Cc1ccc(NC(=O)c2nc(NC(=O)CCCOc3cc4c(cc3OC)C(=O)N3Cc5ccccc5C[C@H]3CN4C)cn2C)cc1.